The van der Waals surface area contributed by atoms with E-state index in [-0.39, 0.29) is 24.9 Å². The number of halogens is 2. The molecule has 1 amide bonds. The molecule has 0 heterocycles. The lowest BCUT2D eigenvalue weighted by molar-refractivity contribution is -0.114. The molecular weight excluding hydrogens is 255 g/mol. The van der Waals surface area contributed by atoms with Crippen molar-refractivity contribution in [3.8, 4) is 0 Å². The second-order valence-electron chi connectivity index (χ2n) is 2.26. The van der Waals surface area contributed by atoms with Crippen molar-refractivity contribution < 1.29 is 4.79 Å². The maximum Gasteiger partial charge on any atom is 0.238 e. The van der Waals surface area contributed by atoms with E-state index in [0.29, 0.717) is 0 Å². The first-order chi connectivity index (χ1) is 5.72. The van der Waals surface area contributed by atoms with Gasteiger partial charge >= 0.3 is 0 Å². The third-order valence-corrected chi connectivity index (χ3v) is 1.84. The monoisotopic (exact) mass is 264 g/mol. The van der Waals surface area contributed by atoms with Gasteiger partial charge in [0.15, 0.2) is 0 Å². The summed E-state index contributed by atoms with van der Waals surface area (Å²) in [5.41, 5.74) is 5.89. The number of hydrogen-bond acceptors (Lipinski definition) is 2. The number of benzene rings is 1. The standard InChI is InChI=1S/C8H9BrN2O.ClH/c9-6-1-3-7(4-2-6)11-8(12)5-10;/h1-4H,5,10H2,(H,11,12);1H. The van der Waals surface area contributed by atoms with Gasteiger partial charge in [-0.1, -0.05) is 15.9 Å². The summed E-state index contributed by atoms with van der Waals surface area (Å²) in [4.78, 5) is 10.8. The Labute approximate surface area is 91.2 Å². The van der Waals surface area contributed by atoms with Crippen LogP contribution >= 0.6 is 28.3 Å². The van der Waals surface area contributed by atoms with Crippen LogP contribution in [0.3, 0.4) is 0 Å². The predicted octanol–water partition coefficient (Wildman–Crippen LogP) is 1.77. The van der Waals surface area contributed by atoms with Gasteiger partial charge in [0.25, 0.3) is 0 Å². The summed E-state index contributed by atoms with van der Waals surface area (Å²) in [6.45, 7) is 0.00998. The van der Waals surface area contributed by atoms with Crippen molar-refractivity contribution >= 4 is 39.9 Å². The Balaban J connectivity index is 0.00000144. The quantitative estimate of drug-likeness (QED) is 0.856. The first-order valence-electron chi connectivity index (χ1n) is 3.48. The van der Waals surface area contributed by atoms with Crippen LogP contribution in [0.5, 0.6) is 0 Å². The van der Waals surface area contributed by atoms with E-state index in [1.807, 2.05) is 12.1 Å². The summed E-state index contributed by atoms with van der Waals surface area (Å²) in [6.07, 6.45) is 0. The van der Waals surface area contributed by atoms with Gasteiger partial charge in [0, 0.05) is 10.2 Å². The number of nitrogens with two attached hydrogens (primary N) is 1. The summed E-state index contributed by atoms with van der Waals surface area (Å²) < 4.78 is 0.980. The minimum Gasteiger partial charge on any atom is -0.325 e. The average molecular weight is 266 g/mol. The highest BCUT2D eigenvalue weighted by atomic mass is 79.9. The molecule has 5 heteroatoms. The zero-order chi connectivity index (χ0) is 8.97. The van der Waals surface area contributed by atoms with E-state index in [9.17, 15) is 4.79 Å². The van der Waals surface area contributed by atoms with E-state index in [0.717, 1.165) is 10.2 Å². The molecule has 0 aliphatic rings. The summed E-state index contributed by atoms with van der Waals surface area (Å²) in [5, 5.41) is 2.63. The molecule has 0 radical (unpaired) electrons. The third-order valence-electron chi connectivity index (χ3n) is 1.31. The van der Waals surface area contributed by atoms with Crippen molar-refractivity contribution in [1.29, 1.82) is 0 Å². The SMILES string of the molecule is Cl.NCC(=O)Nc1ccc(Br)cc1. The van der Waals surface area contributed by atoms with Gasteiger partial charge in [-0.15, -0.1) is 12.4 Å². The van der Waals surface area contributed by atoms with Crippen LogP contribution in [-0.4, -0.2) is 12.5 Å². The number of carbonyl (C=O) groups excluding carboxylic acids is 1. The van der Waals surface area contributed by atoms with Crippen LogP contribution in [-0.2, 0) is 4.79 Å². The fraction of sp³-hybridized carbons (Fsp3) is 0.125. The highest BCUT2D eigenvalue weighted by Crippen LogP contribution is 2.13. The Morgan fingerprint density at radius 3 is 2.38 bits per heavy atom. The predicted molar refractivity (Wildman–Crippen MR) is 59.1 cm³/mol. The topological polar surface area (TPSA) is 55.1 Å². The first kappa shape index (κ1) is 12.4. The molecule has 0 saturated carbocycles. The number of amides is 1. The molecule has 0 atom stereocenters. The lowest BCUT2D eigenvalue weighted by atomic mass is 10.3. The van der Waals surface area contributed by atoms with Gasteiger partial charge in [-0.25, -0.2) is 0 Å². The van der Waals surface area contributed by atoms with Crippen LogP contribution in [0.2, 0.25) is 0 Å². The number of anilines is 1. The summed E-state index contributed by atoms with van der Waals surface area (Å²) in [5.74, 6) is -0.183. The molecule has 3 nitrogen and oxygen atoms in total. The van der Waals surface area contributed by atoms with E-state index in [2.05, 4.69) is 21.2 Å². The van der Waals surface area contributed by atoms with Gasteiger partial charge in [-0.3, -0.25) is 4.79 Å². The van der Waals surface area contributed by atoms with E-state index in [1.54, 1.807) is 12.1 Å². The van der Waals surface area contributed by atoms with Gasteiger partial charge in [0.2, 0.25) is 5.91 Å². The van der Waals surface area contributed by atoms with E-state index >= 15 is 0 Å². The van der Waals surface area contributed by atoms with Gasteiger partial charge in [-0.2, -0.15) is 0 Å². The number of hydrogen-bond donors (Lipinski definition) is 2. The molecule has 13 heavy (non-hydrogen) atoms. The Morgan fingerprint density at radius 1 is 1.38 bits per heavy atom. The molecule has 0 aromatic heterocycles. The van der Waals surface area contributed by atoms with Crippen molar-refractivity contribution in [3.63, 3.8) is 0 Å². The number of rotatable bonds is 2. The fourth-order valence-electron chi connectivity index (χ4n) is 0.745. The van der Waals surface area contributed by atoms with Gasteiger partial charge in [0.1, 0.15) is 0 Å². The molecule has 0 unspecified atom stereocenters. The smallest absolute Gasteiger partial charge is 0.238 e. The average Bonchev–Trinajstić information content (AvgIpc) is 2.09. The van der Waals surface area contributed by atoms with Crippen LogP contribution in [0.25, 0.3) is 0 Å². The molecule has 0 saturated heterocycles. The highest BCUT2D eigenvalue weighted by Gasteiger charge is 1.97. The third kappa shape index (κ3) is 4.26. The second-order valence-corrected chi connectivity index (χ2v) is 3.17. The molecule has 0 aliphatic heterocycles. The summed E-state index contributed by atoms with van der Waals surface area (Å²) in [6, 6.07) is 7.31. The van der Waals surface area contributed by atoms with E-state index < -0.39 is 0 Å². The summed E-state index contributed by atoms with van der Waals surface area (Å²) >= 11 is 3.29. The molecule has 1 aromatic rings. The Kier molecular flexibility index (Phi) is 5.70. The largest absolute Gasteiger partial charge is 0.325 e. The minimum absolute atomic E-state index is 0. The van der Waals surface area contributed by atoms with E-state index in [4.69, 9.17) is 5.73 Å². The first-order valence-corrected chi connectivity index (χ1v) is 4.27. The lowest BCUT2D eigenvalue weighted by Crippen LogP contribution is -2.21. The molecule has 0 spiro atoms. The number of carbonyl (C=O) groups is 1. The van der Waals surface area contributed by atoms with Crippen molar-refractivity contribution in [1.82, 2.24) is 0 Å². The minimum atomic E-state index is -0.183. The Morgan fingerprint density at radius 2 is 1.92 bits per heavy atom. The van der Waals surface area contributed by atoms with E-state index in [1.165, 1.54) is 0 Å². The molecule has 72 valence electrons. The normalized spacial score (nSPS) is 8.77. The van der Waals surface area contributed by atoms with Crippen molar-refractivity contribution in [2.75, 3.05) is 11.9 Å². The second kappa shape index (κ2) is 5.96. The van der Waals surface area contributed by atoms with Gasteiger partial charge < -0.3 is 11.1 Å². The van der Waals surface area contributed by atoms with Crippen molar-refractivity contribution in [3.05, 3.63) is 28.7 Å². The maximum atomic E-state index is 10.8. The van der Waals surface area contributed by atoms with Gasteiger partial charge in [-0.05, 0) is 24.3 Å². The molecule has 1 rings (SSSR count). The summed E-state index contributed by atoms with van der Waals surface area (Å²) in [7, 11) is 0. The van der Waals surface area contributed by atoms with Crippen LogP contribution in [0.4, 0.5) is 5.69 Å². The molecule has 0 fully saturated rings. The van der Waals surface area contributed by atoms with Crippen LogP contribution in [0.15, 0.2) is 28.7 Å². The molecule has 0 bridgehead atoms. The fourth-order valence-corrected chi connectivity index (χ4v) is 1.01. The van der Waals surface area contributed by atoms with Gasteiger partial charge in [0.05, 0.1) is 6.54 Å². The zero-order valence-corrected chi connectivity index (χ0v) is 9.19. The molecular formula is C8H10BrClN2O. The van der Waals surface area contributed by atoms with Crippen LogP contribution in [0.1, 0.15) is 0 Å². The van der Waals surface area contributed by atoms with Crippen molar-refractivity contribution in [2.24, 2.45) is 5.73 Å². The molecule has 1 aromatic carbocycles. The van der Waals surface area contributed by atoms with Crippen molar-refractivity contribution in [2.45, 2.75) is 0 Å². The lowest BCUT2D eigenvalue weighted by Gasteiger charge is -2.02. The Hall–Kier alpha value is -0.580. The number of nitrogens with one attached hydrogen (secondary N) is 1. The van der Waals surface area contributed by atoms with Crippen LogP contribution < -0.4 is 11.1 Å². The maximum absolute atomic E-state index is 10.8. The zero-order valence-electron chi connectivity index (χ0n) is 6.79. The highest BCUT2D eigenvalue weighted by molar-refractivity contribution is 9.10. The Bertz CT molecular complexity index is 276. The molecule has 0 aliphatic carbocycles. The molecule has 3 N–H and O–H groups in total. The van der Waals surface area contributed by atoms with Crippen LogP contribution in [0, 0.1) is 0 Å².